The van der Waals surface area contributed by atoms with E-state index in [1.165, 1.54) is 5.56 Å². The molecule has 3 heteroatoms. The van der Waals surface area contributed by atoms with Crippen LogP contribution in [0.25, 0.3) is 0 Å². The molecule has 7 atom stereocenters. The van der Waals surface area contributed by atoms with Crippen LogP contribution < -0.4 is 0 Å². The Morgan fingerprint density at radius 2 is 1.85 bits per heavy atom. The van der Waals surface area contributed by atoms with Crippen molar-refractivity contribution in [1.82, 2.24) is 0 Å². The highest BCUT2D eigenvalue weighted by Crippen LogP contribution is 2.64. The van der Waals surface area contributed by atoms with Crippen molar-refractivity contribution < 1.29 is 14.6 Å². The number of aromatic hydroxyl groups is 1. The van der Waals surface area contributed by atoms with E-state index >= 15 is 4.39 Å². The van der Waals surface area contributed by atoms with Crippen LogP contribution >= 0.6 is 0 Å². The number of aliphatic hydroxyl groups excluding tert-OH is 1. The number of aliphatic hydroxyl groups is 1. The fourth-order valence-electron chi connectivity index (χ4n) is 6.71. The molecular weight excluding hydrogens is 339 g/mol. The quantitative estimate of drug-likeness (QED) is 0.750. The first-order chi connectivity index (χ1) is 13.0. The lowest BCUT2D eigenvalue weighted by Gasteiger charge is -2.53. The standard InChI is InChI=1S/C24H27FO2/c1-24-12-17(27)11-20(24)22-19(14-5-3-2-4-6-14)10-15-9-16(26)7-8-18(15)23(22)21(25)13-24/h2-9,17,19-23,26-27H,10-13H2,1H3/t17-,19+,20+,21+,22+,23+,24+/m1/s1. The van der Waals surface area contributed by atoms with E-state index in [-0.39, 0.29) is 35.0 Å². The lowest BCUT2D eigenvalue weighted by molar-refractivity contribution is -0.00822. The third kappa shape index (κ3) is 2.62. The highest BCUT2D eigenvalue weighted by molar-refractivity contribution is 5.44. The van der Waals surface area contributed by atoms with Crippen molar-refractivity contribution in [2.24, 2.45) is 17.3 Å². The summed E-state index contributed by atoms with van der Waals surface area (Å²) in [6, 6.07) is 15.9. The van der Waals surface area contributed by atoms with E-state index in [4.69, 9.17) is 0 Å². The lowest BCUT2D eigenvalue weighted by Crippen LogP contribution is -2.48. The Kier molecular flexibility index (Phi) is 3.87. The summed E-state index contributed by atoms with van der Waals surface area (Å²) < 4.78 is 15.7. The Bertz CT molecular complexity index is 851. The smallest absolute Gasteiger partial charge is 0.115 e. The van der Waals surface area contributed by atoms with Crippen molar-refractivity contribution in [3.05, 3.63) is 65.2 Å². The maximum atomic E-state index is 15.7. The Hall–Kier alpha value is -1.87. The minimum atomic E-state index is -0.906. The Balaban J connectivity index is 1.68. The van der Waals surface area contributed by atoms with Crippen molar-refractivity contribution in [3.63, 3.8) is 0 Å². The average molecular weight is 366 g/mol. The molecule has 3 aliphatic carbocycles. The summed E-state index contributed by atoms with van der Waals surface area (Å²) in [4.78, 5) is 0. The Labute approximate surface area is 160 Å². The van der Waals surface area contributed by atoms with Crippen LogP contribution in [-0.4, -0.2) is 22.5 Å². The SMILES string of the molecule is C[C@@]12C[C@H](O)C[C@H]1[C@H]1[C@@H](c3ccc(O)cc3C[C@H]1c1ccccc1)[C@@H](F)C2. The number of alkyl halides is 1. The van der Waals surface area contributed by atoms with E-state index in [0.717, 1.165) is 24.0 Å². The van der Waals surface area contributed by atoms with Gasteiger partial charge in [-0.2, -0.15) is 0 Å². The molecule has 27 heavy (non-hydrogen) atoms. The molecule has 2 aromatic carbocycles. The second-order valence-electron chi connectivity index (χ2n) is 9.28. The molecule has 5 rings (SSSR count). The van der Waals surface area contributed by atoms with Gasteiger partial charge in [-0.25, -0.2) is 4.39 Å². The maximum Gasteiger partial charge on any atom is 0.115 e. The predicted molar refractivity (Wildman–Crippen MR) is 104 cm³/mol. The number of benzene rings is 2. The molecule has 0 aromatic heterocycles. The van der Waals surface area contributed by atoms with Gasteiger partial charge < -0.3 is 10.2 Å². The van der Waals surface area contributed by atoms with Gasteiger partial charge in [0, 0.05) is 5.92 Å². The molecule has 0 heterocycles. The normalized spacial score (nSPS) is 40.1. The second kappa shape index (κ2) is 6.07. The van der Waals surface area contributed by atoms with Gasteiger partial charge in [-0.05, 0) is 77.7 Å². The summed E-state index contributed by atoms with van der Waals surface area (Å²) in [5, 5.41) is 20.4. The van der Waals surface area contributed by atoms with E-state index in [2.05, 4.69) is 31.2 Å². The first-order valence-corrected chi connectivity index (χ1v) is 10.2. The molecule has 142 valence electrons. The summed E-state index contributed by atoms with van der Waals surface area (Å²) in [6.07, 6.45) is 1.62. The number of fused-ring (bicyclic) bond motifs is 5. The highest BCUT2D eigenvalue weighted by Gasteiger charge is 2.58. The van der Waals surface area contributed by atoms with Crippen molar-refractivity contribution in [2.45, 2.75) is 56.7 Å². The Morgan fingerprint density at radius 1 is 1.07 bits per heavy atom. The van der Waals surface area contributed by atoms with Crippen LogP contribution in [0.15, 0.2) is 48.5 Å². The number of halogens is 1. The summed E-state index contributed by atoms with van der Waals surface area (Å²) >= 11 is 0. The van der Waals surface area contributed by atoms with Crippen molar-refractivity contribution in [3.8, 4) is 5.75 Å². The van der Waals surface area contributed by atoms with E-state index < -0.39 is 6.17 Å². The molecule has 0 saturated heterocycles. The molecule has 2 fully saturated rings. The van der Waals surface area contributed by atoms with Gasteiger partial charge in [0.05, 0.1) is 6.10 Å². The summed E-state index contributed by atoms with van der Waals surface area (Å²) in [7, 11) is 0. The molecule has 0 unspecified atom stereocenters. The van der Waals surface area contributed by atoms with Gasteiger partial charge in [0.15, 0.2) is 0 Å². The molecule has 2 nitrogen and oxygen atoms in total. The largest absolute Gasteiger partial charge is 0.508 e. The fourth-order valence-corrected chi connectivity index (χ4v) is 6.71. The number of phenolic OH excluding ortho intramolecular Hbond substituents is 1. The third-order valence-electron chi connectivity index (χ3n) is 7.67. The zero-order valence-electron chi connectivity index (χ0n) is 15.7. The van der Waals surface area contributed by atoms with Gasteiger partial charge in [-0.3, -0.25) is 0 Å². The van der Waals surface area contributed by atoms with Gasteiger partial charge in [0.1, 0.15) is 11.9 Å². The van der Waals surface area contributed by atoms with Crippen LogP contribution in [0.4, 0.5) is 4.39 Å². The van der Waals surface area contributed by atoms with E-state index in [0.29, 0.717) is 18.8 Å². The molecule has 3 aliphatic rings. The van der Waals surface area contributed by atoms with Gasteiger partial charge in [0.25, 0.3) is 0 Å². The second-order valence-corrected chi connectivity index (χ2v) is 9.28. The van der Waals surface area contributed by atoms with Crippen LogP contribution in [0.5, 0.6) is 5.75 Å². The monoisotopic (exact) mass is 366 g/mol. The molecule has 2 aromatic rings. The van der Waals surface area contributed by atoms with Crippen LogP contribution in [0.1, 0.15) is 54.7 Å². The zero-order valence-corrected chi connectivity index (χ0v) is 15.7. The number of rotatable bonds is 1. The van der Waals surface area contributed by atoms with E-state index in [9.17, 15) is 10.2 Å². The molecule has 0 bridgehead atoms. The fraction of sp³-hybridized carbons (Fsp3) is 0.500. The number of phenols is 1. The Morgan fingerprint density at radius 3 is 2.63 bits per heavy atom. The first-order valence-electron chi connectivity index (χ1n) is 10.2. The van der Waals surface area contributed by atoms with Crippen molar-refractivity contribution in [2.75, 3.05) is 0 Å². The minimum absolute atomic E-state index is 0.124. The lowest BCUT2D eigenvalue weighted by atomic mass is 9.51. The molecule has 0 radical (unpaired) electrons. The summed E-state index contributed by atoms with van der Waals surface area (Å²) in [6.45, 7) is 2.19. The van der Waals surface area contributed by atoms with Crippen molar-refractivity contribution >= 4 is 0 Å². The average Bonchev–Trinajstić information content (AvgIpc) is 2.94. The number of hydrogen-bond acceptors (Lipinski definition) is 2. The van der Waals surface area contributed by atoms with Crippen LogP contribution in [0.2, 0.25) is 0 Å². The summed E-state index contributed by atoms with van der Waals surface area (Å²) in [5.74, 6) is 0.847. The van der Waals surface area contributed by atoms with Crippen LogP contribution in [0.3, 0.4) is 0 Å². The van der Waals surface area contributed by atoms with E-state index in [1.807, 2.05) is 18.2 Å². The highest BCUT2D eigenvalue weighted by atomic mass is 19.1. The molecular formula is C24H27FO2. The van der Waals surface area contributed by atoms with Gasteiger partial charge in [0.2, 0.25) is 0 Å². The van der Waals surface area contributed by atoms with Gasteiger partial charge in [-0.1, -0.05) is 43.3 Å². The van der Waals surface area contributed by atoms with Crippen LogP contribution in [-0.2, 0) is 6.42 Å². The zero-order chi connectivity index (χ0) is 18.8. The molecule has 2 N–H and O–H groups in total. The topological polar surface area (TPSA) is 40.5 Å². The third-order valence-corrected chi connectivity index (χ3v) is 7.67. The van der Waals surface area contributed by atoms with Crippen molar-refractivity contribution in [1.29, 1.82) is 0 Å². The first kappa shape index (κ1) is 17.2. The van der Waals surface area contributed by atoms with Crippen LogP contribution in [0, 0.1) is 17.3 Å². The summed E-state index contributed by atoms with van der Waals surface area (Å²) in [5.41, 5.74) is 3.27. The molecule has 0 amide bonds. The molecule has 0 aliphatic heterocycles. The number of hydrogen-bond donors (Lipinski definition) is 2. The maximum absolute atomic E-state index is 15.7. The van der Waals surface area contributed by atoms with E-state index in [1.54, 1.807) is 6.07 Å². The predicted octanol–water partition coefficient (Wildman–Crippen LogP) is 4.95. The molecule has 0 spiro atoms. The van der Waals surface area contributed by atoms with Gasteiger partial charge >= 0.3 is 0 Å². The van der Waals surface area contributed by atoms with Gasteiger partial charge in [-0.15, -0.1) is 0 Å². The molecule has 2 saturated carbocycles. The minimum Gasteiger partial charge on any atom is -0.508 e.